The van der Waals surface area contributed by atoms with Gasteiger partial charge in [-0.1, -0.05) is 6.08 Å². The molecule has 4 nitrogen and oxygen atoms in total. The van der Waals surface area contributed by atoms with Crippen LogP contribution in [0.5, 0.6) is 0 Å². The molecule has 5 heteroatoms. The summed E-state index contributed by atoms with van der Waals surface area (Å²) >= 11 is 1.71. The van der Waals surface area contributed by atoms with Gasteiger partial charge in [0.2, 0.25) is 11.8 Å². The van der Waals surface area contributed by atoms with E-state index in [9.17, 15) is 9.59 Å². The first-order chi connectivity index (χ1) is 7.90. The Morgan fingerprint density at radius 1 is 1.53 bits per heavy atom. The fourth-order valence-corrected chi connectivity index (χ4v) is 2.43. The number of piperazine rings is 1. The molecule has 0 aromatic rings. The molecule has 1 heterocycles. The lowest BCUT2D eigenvalue weighted by atomic mass is 9.97. The van der Waals surface area contributed by atoms with Crippen molar-refractivity contribution in [1.82, 2.24) is 10.2 Å². The van der Waals surface area contributed by atoms with Gasteiger partial charge in [-0.15, -0.1) is 6.58 Å². The molecule has 0 saturated carbocycles. The fourth-order valence-electron chi connectivity index (χ4n) is 1.77. The van der Waals surface area contributed by atoms with E-state index in [0.29, 0.717) is 6.54 Å². The van der Waals surface area contributed by atoms with E-state index in [2.05, 4.69) is 11.9 Å². The molecule has 96 valence electrons. The molecule has 0 radical (unpaired) electrons. The van der Waals surface area contributed by atoms with Crippen LogP contribution in [0.2, 0.25) is 0 Å². The van der Waals surface area contributed by atoms with Gasteiger partial charge in [0.15, 0.2) is 0 Å². The van der Waals surface area contributed by atoms with Gasteiger partial charge >= 0.3 is 0 Å². The predicted octanol–water partition coefficient (Wildman–Crippen LogP) is 1.03. The second-order valence-corrected chi connectivity index (χ2v) is 5.80. The van der Waals surface area contributed by atoms with Gasteiger partial charge in [-0.3, -0.25) is 9.59 Å². The van der Waals surface area contributed by atoms with Gasteiger partial charge in [-0.2, -0.15) is 11.8 Å². The van der Waals surface area contributed by atoms with Gasteiger partial charge < -0.3 is 10.2 Å². The smallest absolute Gasteiger partial charge is 0.248 e. The Morgan fingerprint density at radius 2 is 2.18 bits per heavy atom. The van der Waals surface area contributed by atoms with Crippen LogP contribution in [-0.4, -0.2) is 46.3 Å². The number of amides is 2. The zero-order chi connectivity index (χ0) is 13.1. The molecule has 1 unspecified atom stereocenters. The van der Waals surface area contributed by atoms with Gasteiger partial charge in [-0.25, -0.2) is 0 Å². The van der Waals surface area contributed by atoms with Crippen LogP contribution in [0.3, 0.4) is 0 Å². The first kappa shape index (κ1) is 14.1. The zero-order valence-corrected chi connectivity index (χ0v) is 11.5. The first-order valence-electron chi connectivity index (χ1n) is 5.72. The highest BCUT2D eigenvalue weighted by molar-refractivity contribution is 7.99. The summed E-state index contributed by atoms with van der Waals surface area (Å²) < 4.78 is 0. The topological polar surface area (TPSA) is 49.4 Å². The van der Waals surface area contributed by atoms with E-state index in [-0.39, 0.29) is 17.9 Å². The Balaban J connectivity index is 2.63. The maximum Gasteiger partial charge on any atom is 0.248 e. The van der Waals surface area contributed by atoms with Gasteiger partial charge in [0.05, 0.1) is 0 Å². The Labute approximate surface area is 107 Å². The molecule has 0 aromatic carbocycles. The summed E-state index contributed by atoms with van der Waals surface area (Å²) in [6, 6.07) is -0.375. The van der Waals surface area contributed by atoms with Crippen molar-refractivity contribution < 1.29 is 9.59 Å². The highest BCUT2D eigenvalue weighted by Crippen LogP contribution is 2.18. The third-order valence-corrected chi connectivity index (χ3v) is 3.73. The second-order valence-electron chi connectivity index (χ2n) is 4.65. The van der Waals surface area contributed by atoms with Crippen LogP contribution in [-0.2, 0) is 9.59 Å². The predicted molar refractivity (Wildman–Crippen MR) is 70.9 cm³/mol. The van der Waals surface area contributed by atoms with Crippen molar-refractivity contribution in [1.29, 1.82) is 0 Å². The van der Waals surface area contributed by atoms with Crippen molar-refractivity contribution in [3.8, 4) is 0 Å². The van der Waals surface area contributed by atoms with Gasteiger partial charge in [0.25, 0.3) is 0 Å². The van der Waals surface area contributed by atoms with E-state index in [1.807, 2.05) is 6.08 Å². The molecule has 0 bridgehead atoms. The van der Waals surface area contributed by atoms with Crippen molar-refractivity contribution in [3.63, 3.8) is 0 Å². The molecular weight excluding hydrogens is 236 g/mol. The van der Waals surface area contributed by atoms with Gasteiger partial charge in [0, 0.05) is 18.1 Å². The van der Waals surface area contributed by atoms with E-state index < -0.39 is 5.54 Å². The SMILES string of the molecule is C=CCSCCN1C(=O)C(C)(C)NC(=O)C1C. The van der Waals surface area contributed by atoms with Crippen LogP contribution in [0.25, 0.3) is 0 Å². The number of nitrogens with zero attached hydrogens (tertiary/aromatic N) is 1. The molecule has 1 saturated heterocycles. The van der Waals surface area contributed by atoms with Crippen LogP contribution >= 0.6 is 11.8 Å². The molecule has 1 rings (SSSR count). The highest BCUT2D eigenvalue weighted by atomic mass is 32.2. The molecule has 0 aromatic heterocycles. The van der Waals surface area contributed by atoms with Crippen molar-refractivity contribution >= 4 is 23.6 Å². The molecular formula is C12H20N2O2S. The summed E-state index contributed by atoms with van der Waals surface area (Å²) in [5, 5.41) is 2.73. The molecule has 2 amide bonds. The summed E-state index contributed by atoms with van der Waals surface area (Å²) in [5.41, 5.74) is -0.785. The normalized spacial score (nSPS) is 23.5. The largest absolute Gasteiger partial charge is 0.340 e. The Kier molecular flexibility index (Phi) is 4.62. The number of nitrogens with one attached hydrogen (secondary N) is 1. The lowest BCUT2D eigenvalue weighted by Gasteiger charge is -2.41. The third-order valence-electron chi connectivity index (χ3n) is 2.79. The third kappa shape index (κ3) is 3.25. The molecule has 1 aliphatic rings. The Morgan fingerprint density at radius 3 is 2.76 bits per heavy atom. The molecule has 1 N–H and O–H groups in total. The van der Waals surface area contributed by atoms with Crippen molar-refractivity contribution in [2.75, 3.05) is 18.1 Å². The quantitative estimate of drug-likeness (QED) is 0.590. The summed E-state index contributed by atoms with van der Waals surface area (Å²) in [4.78, 5) is 25.5. The van der Waals surface area contributed by atoms with Crippen molar-refractivity contribution in [3.05, 3.63) is 12.7 Å². The minimum absolute atomic E-state index is 0.0104. The fraction of sp³-hybridized carbons (Fsp3) is 0.667. The standard InChI is InChI=1S/C12H20N2O2S/c1-5-7-17-8-6-14-9(2)10(15)13-12(3,4)11(14)16/h5,9H,1,6-8H2,2-4H3,(H,13,15). The minimum Gasteiger partial charge on any atom is -0.340 e. The highest BCUT2D eigenvalue weighted by Gasteiger charge is 2.42. The number of hydrogen-bond donors (Lipinski definition) is 1. The van der Waals surface area contributed by atoms with Gasteiger partial charge in [0.1, 0.15) is 11.6 Å². The van der Waals surface area contributed by atoms with E-state index in [1.165, 1.54) is 0 Å². The molecule has 1 fully saturated rings. The lowest BCUT2D eigenvalue weighted by molar-refractivity contribution is -0.152. The number of carbonyl (C=O) groups excluding carboxylic acids is 2. The zero-order valence-electron chi connectivity index (χ0n) is 10.7. The lowest BCUT2D eigenvalue weighted by Crippen LogP contribution is -2.67. The number of thioether (sulfide) groups is 1. The summed E-state index contributed by atoms with van der Waals surface area (Å²) in [6.45, 7) is 9.49. The second kappa shape index (κ2) is 5.58. The number of hydrogen-bond acceptors (Lipinski definition) is 3. The maximum atomic E-state index is 12.1. The van der Waals surface area contributed by atoms with Crippen LogP contribution < -0.4 is 5.32 Å². The van der Waals surface area contributed by atoms with Gasteiger partial charge in [-0.05, 0) is 20.8 Å². The number of carbonyl (C=O) groups is 2. The van der Waals surface area contributed by atoms with Crippen LogP contribution in [0.15, 0.2) is 12.7 Å². The van der Waals surface area contributed by atoms with E-state index in [1.54, 1.807) is 37.4 Å². The molecule has 17 heavy (non-hydrogen) atoms. The van der Waals surface area contributed by atoms with E-state index >= 15 is 0 Å². The maximum absolute atomic E-state index is 12.1. The van der Waals surface area contributed by atoms with Crippen LogP contribution in [0, 0.1) is 0 Å². The Hall–Kier alpha value is -0.970. The van der Waals surface area contributed by atoms with Crippen molar-refractivity contribution in [2.45, 2.75) is 32.4 Å². The Bertz CT molecular complexity index is 328. The molecule has 1 atom stereocenters. The van der Waals surface area contributed by atoms with Crippen LogP contribution in [0.1, 0.15) is 20.8 Å². The molecule has 1 aliphatic heterocycles. The summed E-state index contributed by atoms with van der Waals surface area (Å²) in [7, 11) is 0. The monoisotopic (exact) mass is 256 g/mol. The minimum atomic E-state index is -0.785. The number of rotatable bonds is 5. The van der Waals surface area contributed by atoms with Crippen molar-refractivity contribution in [2.24, 2.45) is 0 Å². The molecule has 0 aliphatic carbocycles. The first-order valence-corrected chi connectivity index (χ1v) is 6.87. The van der Waals surface area contributed by atoms with Crippen LogP contribution in [0.4, 0.5) is 0 Å². The van der Waals surface area contributed by atoms with E-state index in [4.69, 9.17) is 0 Å². The summed E-state index contributed by atoms with van der Waals surface area (Å²) in [5.74, 6) is 1.60. The average molecular weight is 256 g/mol. The molecule has 0 spiro atoms. The van der Waals surface area contributed by atoms with E-state index in [0.717, 1.165) is 11.5 Å². The summed E-state index contributed by atoms with van der Waals surface area (Å²) in [6.07, 6.45) is 1.84. The average Bonchev–Trinajstić information content (AvgIpc) is 2.25.